The second-order valence-corrected chi connectivity index (χ2v) is 7.54. The molecule has 0 amide bonds. The van der Waals surface area contributed by atoms with E-state index in [2.05, 4.69) is 26.6 Å². The highest BCUT2D eigenvalue weighted by Gasteiger charge is 2.29. The van der Waals surface area contributed by atoms with E-state index in [1.54, 1.807) is 0 Å². The first-order valence-corrected chi connectivity index (χ1v) is 9.42. The minimum Gasteiger partial charge on any atom is -0.389 e. The fourth-order valence-corrected chi connectivity index (χ4v) is 3.52. The van der Waals surface area contributed by atoms with Crippen molar-refractivity contribution in [3.63, 3.8) is 0 Å². The number of rotatable bonds is 6. The SMILES string of the molecule is OC1CN(c2nc(NCc3cc(C4CC4)n[nH]3)cc([C@@H]3CCOC3)n2)C1. The summed E-state index contributed by atoms with van der Waals surface area (Å²) < 4.78 is 5.52. The lowest BCUT2D eigenvalue weighted by Gasteiger charge is -2.36. The van der Waals surface area contributed by atoms with Gasteiger partial charge in [-0.2, -0.15) is 10.1 Å². The third-order valence-corrected chi connectivity index (χ3v) is 5.33. The smallest absolute Gasteiger partial charge is 0.227 e. The predicted molar refractivity (Wildman–Crippen MR) is 96.3 cm³/mol. The topological polar surface area (TPSA) is 99.2 Å². The summed E-state index contributed by atoms with van der Waals surface area (Å²) in [4.78, 5) is 11.4. The molecule has 2 aromatic heterocycles. The van der Waals surface area contributed by atoms with Crippen molar-refractivity contribution in [3.05, 3.63) is 29.2 Å². The van der Waals surface area contributed by atoms with Gasteiger partial charge in [-0.3, -0.25) is 5.10 Å². The van der Waals surface area contributed by atoms with Gasteiger partial charge in [-0.15, -0.1) is 0 Å². The first kappa shape index (κ1) is 16.0. The molecule has 0 spiro atoms. The van der Waals surface area contributed by atoms with E-state index in [1.165, 1.54) is 18.5 Å². The van der Waals surface area contributed by atoms with E-state index in [0.29, 0.717) is 44.0 Å². The first-order valence-electron chi connectivity index (χ1n) is 9.42. The summed E-state index contributed by atoms with van der Waals surface area (Å²) in [5.41, 5.74) is 3.25. The largest absolute Gasteiger partial charge is 0.389 e. The molecule has 2 aromatic rings. The minimum atomic E-state index is -0.278. The van der Waals surface area contributed by atoms with E-state index in [-0.39, 0.29) is 6.10 Å². The van der Waals surface area contributed by atoms with Gasteiger partial charge < -0.3 is 20.1 Å². The second kappa shape index (κ2) is 6.51. The van der Waals surface area contributed by atoms with Crippen LogP contribution in [0, 0.1) is 0 Å². The van der Waals surface area contributed by atoms with Crippen molar-refractivity contribution in [1.82, 2.24) is 20.2 Å². The molecule has 1 aliphatic carbocycles. The Kier molecular flexibility index (Phi) is 4.01. The fraction of sp³-hybridized carbons (Fsp3) is 0.611. The van der Waals surface area contributed by atoms with Gasteiger partial charge in [-0.1, -0.05) is 0 Å². The Hall–Kier alpha value is -2.19. The van der Waals surface area contributed by atoms with Crippen LogP contribution in [0.1, 0.15) is 48.2 Å². The number of H-pyrrole nitrogens is 1. The van der Waals surface area contributed by atoms with Gasteiger partial charge in [0.1, 0.15) is 5.82 Å². The number of β-amino-alcohol motifs (C(OH)–C–C–N with tert-alkyl or cyclic N) is 1. The maximum Gasteiger partial charge on any atom is 0.227 e. The van der Waals surface area contributed by atoms with E-state index in [9.17, 15) is 5.11 Å². The average molecular weight is 356 g/mol. The Morgan fingerprint density at radius 1 is 1.15 bits per heavy atom. The Labute approximate surface area is 152 Å². The zero-order chi connectivity index (χ0) is 17.5. The fourth-order valence-electron chi connectivity index (χ4n) is 3.52. The van der Waals surface area contributed by atoms with Crippen LogP contribution in [0.3, 0.4) is 0 Å². The summed E-state index contributed by atoms with van der Waals surface area (Å²) in [6.07, 6.45) is 3.21. The average Bonchev–Trinajstić information content (AvgIpc) is 3.13. The van der Waals surface area contributed by atoms with Crippen molar-refractivity contribution in [3.8, 4) is 0 Å². The van der Waals surface area contributed by atoms with Crippen molar-refractivity contribution in [1.29, 1.82) is 0 Å². The third kappa shape index (κ3) is 3.26. The lowest BCUT2D eigenvalue weighted by molar-refractivity contribution is 0.140. The maximum absolute atomic E-state index is 9.59. The molecule has 26 heavy (non-hydrogen) atoms. The second-order valence-electron chi connectivity index (χ2n) is 7.54. The molecule has 1 saturated carbocycles. The molecule has 1 atom stereocenters. The summed E-state index contributed by atoms with van der Waals surface area (Å²) in [6, 6.07) is 4.17. The molecule has 0 bridgehead atoms. The van der Waals surface area contributed by atoms with Crippen LogP contribution >= 0.6 is 0 Å². The number of aliphatic hydroxyl groups excluding tert-OH is 1. The minimum absolute atomic E-state index is 0.278. The van der Waals surface area contributed by atoms with Crippen LogP contribution in [0.2, 0.25) is 0 Å². The molecular weight excluding hydrogens is 332 g/mol. The Balaban J connectivity index is 1.33. The van der Waals surface area contributed by atoms with E-state index < -0.39 is 0 Å². The van der Waals surface area contributed by atoms with E-state index in [1.807, 2.05) is 11.0 Å². The molecule has 0 aromatic carbocycles. The monoisotopic (exact) mass is 356 g/mol. The lowest BCUT2D eigenvalue weighted by Crippen LogP contribution is -2.51. The highest BCUT2D eigenvalue weighted by Crippen LogP contribution is 2.39. The number of aliphatic hydroxyl groups is 1. The van der Waals surface area contributed by atoms with E-state index in [4.69, 9.17) is 9.72 Å². The normalized spacial score (nSPS) is 23.3. The Morgan fingerprint density at radius 3 is 2.77 bits per heavy atom. The Morgan fingerprint density at radius 2 is 2.04 bits per heavy atom. The van der Waals surface area contributed by atoms with Crippen molar-refractivity contribution in [2.75, 3.05) is 36.5 Å². The summed E-state index contributed by atoms with van der Waals surface area (Å²) in [5.74, 6) is 2.46. The molecule has 3 aliphatic rings. The zero-order valence-electron chi connectivity index (χ0n) is 14.7. The first-order chi connectivity index (χ1) is 12.7. The Bertz CT molecular complexity index is 778. The summed E-state index contributed by atoms with van der Waals surface area (Å²) >= 11 is 0. The van der Waals surface area contributed by atoms with Crippen molar-refractivity contribution < 1.29 is 9.84 Å². The number of ether oxygens (including phenoxy) is 1. The van der Waals surface area contributed by atoms with Crippen molar-refractivity contribution in [2.24, 2.45) is 0 Å². The number of nitrogens with zero attached hydrogens (tertiary/aromatic N) is 4. The lowest BCUT2D eigenvalue weighted by atomic mass is 10.0. The van der Waals surface area contributed by atoms with Crippen LogP contribution < -0.4 is 10.2 Å². The molecule has 4 heterocycles. The molecule has 5 rings (SSSR count). The van der Waals surface area contributed by atoms with Gasteiger partial charge in [0.2, 0.25) is 5.95 Å². The molecule has 138 valence electrons. The predicted octanol–water partition coefficient (Wildman–Crippen LogP) is 1.37. The standard InChI is InChI=1S/C18H24N6O2/c25-14-8-24(9-14)18-20-15(12-3-4-26-10-12)6-17(21-18)19-7-13-5-16(23-22-13)11-1-2-11/h5-6,11-12,14,25H,1-4,7-10H2,(H,22,23)(H,19,20,21)/t12-/m1/s1. The number of aromatic nitrogens is 4. The molecule has 2 saturated heterocycles. The van der Waals surface area contributed by atoms with Gasteiger partial charge in [-0.25, -0.2) is 4.98 Å². The number of nitrogens with one attached hydrogen (secondary N) is 2. The molecule has 2 aliphatic heterocycles. The van der Waals surface area contributed by atoms with Gasteiger partial charge in [0.05, 0.1) is 36.3 Å². The van der Waals surface area contributed by atoms with Crippen LogP contribution in [0.25, 0.3) is 0 Å². The van der Waals surface area contributed by atoms with Crippen LogP contribution in [-0.4, -0.2) is 57.7 Å². The summed E-state index contributed by atoms with van der Waals surface area (Å²) in [5, 5.41) is 20.5. The molecule has 0 unspecified atom stereocenters. The molecule has 0 radical (unpaired) electrons. The van der Waals surface area contributed by atoms with Gasteiger partial charge in [-0.05, 0) is 25.3 Å². The molecular formula is C18H24N6O2. The van der Waals surface area contributed by atoms with Crippen LogP contribution in [0.5, 0.6) is 0 Å². The van der Waals surface area contributed by atoms with Crippen LogP contribution in [-0.2, 0) is 11.3 Å². The number of anilines is 2. The molecule has 3 N–H and O–H groups in total. The maximum atomic E-state index is 9.59. The quantitative estimate of drug-likeness (QED) is 0.719. The number of aromatic amines is 1. The van der Waals surface area contributed by atoms with Gasteiger partial charge in [0.15, 0.2) is 0 Å². The highest BCUT2D eigenvalue weighted by molar-refractivity contribution is 5.46. The van der Waals surface area contributed by atoms with E-state index >= 15 is 0 Å². The summed E-state index contributed by atoms with van der Waals surface area (Å²) in [7, 11) is 0. The van der Waals surface area contributed by atoms with Gasteiger partial charge in [0.25, 0.3) is 0 Å². The molecule has 8 heteroatoms. The van der Waals surface area contributed by atoms with Gasteiger partial charge >= 0.3 is 0 Å². The molecule has 3 fully saturated rings. The third-order valence-electron chi connectivity index (χ3n) is 5.33. The van der Waals surface area contributed by atoms with Crippen molar-refractivity contribution >= 4 is 11.8 Å². The molecule has 8 nitrogen and oxygen atoms in total. The van der Waals surface area contributed by atoms with Crippen LogP contribution in [0.15, 0.2) is 12.1 Å². The number of hydrogen-bond donors (Lipinski definition) is 3. The zero-order valence-corrected chi connectivity index (χ0v) is 14.7. The van der Waals surface area contributed by atoms with Crippen molar-refractivity contribution in [2.45, 2.75) is 43.7 Å². The highest BCUT2D eigenvalue weighted by atomic mass is 16.5. The van der Waals surface area contributed by atoms with E-state index in [0.717, 1.165) is 30.2 Å². The summed E-state index contributed by atoms with van der Waals surface area (Å²) in [6.45, 7) is 3.33. The number of hydrogen-bond acceptors (Lipinski definition) is 7. The van der Waals surface area contributed by atoms with Gasteiger partial charge in [0, 0.05) is 37.6 Å². The van der Waals surface area contributed by atoms with Crippen LogP contribution in [0.4, 0.5) is 11.8 Å².